The van der Waals surface area contributed by atoms with Crippen LogP contribution in [-0.2, 0) is 4.79 Å². The molecule has 4 rings (SSSR count). The molecule has 0 unspecified atom stereocenters. The second-order valence-electron chi connectivity index (χ2n) is 7.57. The van der Waals surface area contributed by atoms with E-state index in [0.717, 1.165) is 15.6 Å². The molecule has 0 aliphatic heterocycles. The Morgan fingerprint density at radius 3 is 2.71 bits per heavy atom. The molecule has 168 valence electrons. The minimum absolute atomic E-state index is 0.00570. The molecule has 0 radical (unpaired) electrons. The van der Waals surface area contributed by atoms with Crippen molar-refractivity contribution in [3.05, 3.63) is 104 Å². The number of rotatable bonds is 5. The normalized spacial score (nSPS) is 11.2. The van der Waals surface area contributed by atoms with Crippen LogP contribution in [-0.4, -0.2) is 15.3 Å². The van der Waals surface area contributed by atoms with Crippen LogP contribution in [0.4, 0.5) is 5.69 Å². The third-order valence-electron chi connectivity index (χ3n) is 5.01. The molecule has 0 aliphatic carbocycles. The molecule has 1 amide bonds. The fourth-order valence-electron chi connectivity index (χ4n) is 3.36. The summed E-state index contributed by atoms with van der Waals surface area (Å²) in [4.78, 5) is 30.6. The lowest BCUT2D eigenvalue weighted by molar-refractivity contribution is -0.112. The van der Waals surface area contributed by atoms with Crippen molar-refractivity contribution in [2.75, 3.05) is 5.32 Å². The van der Waals surface area contributed by atoms with Crippen LogP contribution in [0, 0.1) is 25.2 Å². The van der Waals surface area contributed by atoms with Crippen LogP contribution >= 0.6 is 15.9 Å². The molecule has 2 aromatic carbocycles. The van der Waals surface area contributed by atoms with Crippen LogP contribution in [0.25, 0.3) is 11.7 Å². The fourth-order valence-corrected chi connectivity index (χ4v) is 3.76. The smallest absolute Gasteiger partial charge is 0.269 e. The Morgan fingerprint density at radius 1 is 1.15 bits per heavy atom. The van der Waals surface area contributed by atoms with E-state index in [4.69, 9.17) is 4.74 Å². The highest BCUT2D eigenvalue weighted by molar-refractivity contribution is 9.10. The molecule has 7 nitrogen and oxygen atoms in total. The first-order chi connectivity index (χ1) is 16.4. The molecule has 0 saturated carbocycles. The topological polar surface area (TPSA) is 96.5 Å². The van der Waals surface area contributed by atoms with Crippen LogP contribution < -0.4 is 15.6 Å². The van der Waals surface area contributed by atoms with Gasteiger partial charge in [-0.15, -0.1) is 0 Å². The van der Waals surface area contributed by atoms with E-state index in [1.807, 2.05) is 38.1 Å². The molecule has 0 bridgehead atoms. The van der Waals surface area contributed by atoms with Crippen molar-refractivity contribution >= 4 is 39.2 Å². The number of carbonyl (C=O) groups excluding carboxylic acids is 1. The molecule has 34 heavy (non-hydrogen) atoms. The molecule has 2 aromatic heterocycles. The molecule has 0 fully saturated rings. The van der Waals surface area contributed by atoms with Crippen LogP contribution in [0.2, 0.25) is 0 Å². The number of aromatic nitrogens is 2. The average molecular weight is 515 g/mol. The number of pyridine rings is 1. The van der Waals surface area contributed by atoms with Gasteiger partial charge in [0, 0.05) is 16.4 Å². The summed E-state index contributed by atoms with van der Waals surface area (Å²) < 4.78 is 8.13. The molecular formula is C26H19BrN4O3. The number of amides is 1. The van der Waals surface area contributed by atoms with E-state index in [0.29, 0.717) is 17.1 Å². The van der Waals surface area contributed by atoms with Crippen molar-refractivity contribution in [2.24, 2.45) is 0 Å². The van der Waals surface area contributed by atoms with E-state index in [-0.39, 0.29) is 17.0 Å². The van der Waals surface area contributed by atoms with Gasteiger partial charge in [0.25, 0.3) is 11.5 Å². The molecule has 0 spiro atoms. The molecule has 0 atom stereocenters. The highest BCUT2D eigenvalue weighted by Gasteiger charge is 2.18. The minimum Gasteiger partial charge on any atom is -0.438 e. The van der Waals surface area contributed by atoms with Gasteiger partial charge >= 0.3 is 0 Å². The Morgan fingerprint density at radius 2 is 1.97 bits per heavy atom. The predicted octanol–water partition coefficient (Wildman–Crippen LogP) is 5.41. The summed E-state index contributed by atoms with van der Waals surface area (Å²) in [6, 6.07) is 19.6. The van der Waals surface area contributed by atoms with Gasteiger partial charge in [-0.1, -0.05) is 45.8 Å². The van der Waals surface area contributed by atoms with Crippen molar-refractivity contribution in [3.63, 3.8) is 0 Å². The maximum Gasteiger partial charge on any atom is 0.269 e. The number of nitriles is 1. The lowest BCUT2D eigenvalue weighted by Gasteiger charge is -2.12. The predicted molar refractivity (Wildman–Crippen MR) is 134 cm³/mol. The number of hydrogen-bond donors (Lipinski definition) is 1. The first-order valence-corrected chi connectivity index (χ1v) is 11.1. The summed E-state index contributed by atoms with van der Waals surface area (Å²) in [5.41, 5.74) is 2.06. The van der Waals surface area contributed by atoms with Gasteiger partial charge in [0.1, 0.15) is 28.6 Å². The number of anilines is 1. The second-order valence-corrected chi connectivity index (χ2v) is 8.49. The van der Waals surface area contributed by atoms with E-state index >= 15 is 0 Å². The number of carbonyl (C=O) groups is 1. The van der Waals surface area contributed by atoms with Gasteiger partial charge in [0.15, 0.2) is 0 Å². The number of benzene rings is 2. The summed E-state index contributed by atoms with van der Waals surface area (Å²) >= 11 is 3.34. The standard InChI is InChI=1S/C26H19BrN4O3/c1-16-9-10-22(17(2)12-16)34-25-21(26(33)31-11-4-3-8-23(31)30-25)13-18(15-28)24(32)29-20-7-5-6-19(27)14-20/h3-14H,1-2H3,(H,29,32)/b18-13-. The molecule has 8 heteroatoms. The first kappa shape index (κ1) is 23.0. The Labute approximate surface area is 204 Å². The molecule has 0 saturated heterocycles. The number of halogens is 1. The van der Waals surface area contributed by atoms with Crippen molar-refractivity contribution in [1.29, 1.82) is 5.26 Å². The van der Waals surface area contributed by atoms with Crippen LogP contribution in [0.1, 0.15) is 16.7 Å². The van der Waals surface area contributed by atoms with Crippen molar-refractivity contribution < 1.29 is 9.53 Å². The van der Waals surface area contributed by atoms with E-state index in [2.05, 4.69) is 26.2 Å². The van der Waals surface area contributed by atoms with Crippen molar-refractivity contribution in [3.8, 4) is 17.7 Å². The first-order valence-electron chi connectivity index (χ1n) is 10.3. The van der Waals surface area contributed by atoms with Crippen LogP contribution in [0.3, 0.4) is 0 Å². The number of fused-ring (bicyclic) bond motifs is 1. The maximum absolute atomic E-state index is 13.3. The Bertz CT molecular complexity index is 1550. The number of hydrogen-bond acceptors (Lipinski definition) is 5. The van der Waals surface area contributed by atoms with Gasteiger partial charge in [0.05, 0.1) is 0 Å². The zero-order valence-electron chi connectivity index (χ0n) is 18.4. The summed E-state index contributed by atoms with van der Waals surface area (Å²) in [6.45, 7) is 3.85. The summed E-state index contributed by atoms with van der Waals surface area (Å²) in [5, 5.41) is 12.4. The van der Waals surface area contributed by atoms with Gasteiger partial charge in [-0.3, -0.25) is 14.0 Å². The van der Waals surface area contributed by atoms with E-state index in [9.17, 15) is 14.9 Å². The van der Waals surface area contributed by atoms with Gasteiger partial charge in [-0.05, 0) is 61.9 Å². The van der Waals surface area contributed by atoms with Crippen molar-refractivity contribution in [1.82, 2.24) is 9.38 Å². The van der Waals surface area contributed by atoms with Gasteiger partial charge in [-0.2, -0.15) is 10.2 Å². The quantitative estimate of drug-likeness (QED) is 0.283. The third-order valence-corrected chi connectivity index (χ3v) is 5.50. The number of nitrogens with zero attached hydrogens (tertiary/aromatic N) is 3. The Hall–Kier alpha value is -4.22. The molecular weight excluding hydrogens is 496 g/mol. The Kier molecular flexibility index (Phi) is 6.57. The molecule has 2 heterocycles. The molecule has 1 N–H and O–H groups in total. The molecule has 4 aromatic rings. The average Bonchev–Trinajstić information content (AvgIpc) is 2.81. The summed E-state index contributed by atoms with van der Waals surface area (Å²) in [5.74, 6) is -0.133. The van der Waals surface area contributed by atoms with E-state index in [1.165, 1.54) is 10.5 Å². The maximum atomic E-state index is 13.3. The zero-order valence-corrected chi connectivity index (χ0v) is 20.0. The number of aryl methyl sites for hydroxylation is 2. The lowest BCUT2D eigenvalue weighted by Crippen LogP contribution is -2.20. The van der Waals surface area contributed by atoms with Gasteiger partial charge in [0.2, 0.25) is 5.88 Å². The van der Waals surface area contributed by atoms with Crippen LogP contribution in [0.15, 0.2) is 81.7 Å². The Balaban J connectivity index is 1.82. The van der Waals surface area contributed by atoms with Gasteiger partial charge in [-0.25, -0.2) is 0 Å². The van der Waals surface area contributed by atoms with Crippen molar-refractivity contribution in [2.45, 2.75) is 13.8 Å². The summed E-state index contributed by atoms with van der Waals surface area (Å²) in [7, 11) is 0. The minimum atomic E-state index is -0.657. The highest BCUT2D eigenvalue weighted by Crippen LogP contribution is 2.27. The zero-order chi connectivity index (χ0) is 24.2. The fraction of sp³-hybridized carbons (Fsp3) is 0.0769. The monoisotopic (exact) mass is 514 g/mol. The van der Waals surface area contributed by atoms with Gasteiger partial charge < -0.3 is 10.1 Å². The lowest BCUT2D eigenvalue weighted by atomic mass is 10.1. The second kappa shape index (κ2) is 9.73. The van der Waals surface area contributed by atoms with E-state index < -0.39 is 11.5 Å². The van der Waals surface area contributed by atoms with Crippen LogP contribution in [0.5, 0.6) is 11.6 Å². The highest BCUT2D eigenvalue weighted by atomic mass is 79.9. The summed E-state index contributed by atoms with van der Waals surface area (Å²) in [6.07, 6.45) is 2.78. The third kappa shape index (κ3) is 4.90. The van der Waals surface area contributed by atoms with E-state index in [1.54, 1.807) is 48.7 Å². The SMILES string of the molecule is Cc1ccc(Oc2nc3ccccn3c(=O)c2/C=C(/C#N)C(=O)Nc2cccc(Br)c2)c(C)c1. The number of ether oxygens (including phenoxy) is 1. The largest absolute Gasteiger partial charge is 0.438 e. The number of nitrogens with one attached hydrogen (secondary N) is 1. The molecule has 0 aliphatic rings.